The maximum absolute atomic E-state index is 12.0. The van der Waals surface area contributed by atoms with Gasteiger partial charge in [0.15, 0.2) is 6.10 Å². The zero-order valence-corrected chi connectivity index (χ0v) is 13.0. The minimum absolute atomic E-state index is 0.204. The molecule has 0 aliphatic carbocycles. The number of ether oxygens (including phenoxy) is 1. The zero-order valence-electron chi connectivity index (χ0n) is 11.5. The third-order valence-electron chi connectivity index (χ3n) is 2.89. The fourth-order valence-corrected chi connectivity index (χ4v) is 2.03. The highest BCUT2D eigenvalue weighted by Crippen LogP contribution is 2.24. The first-order chi connectivity index (χ1) is 10.1. The molecule has 0 bridgehead atoms. The summed E-state index contributed by atoms with van der Waals surface area (Å²) >= 11 is 11.8. The van der Waals surface area contributed by atoms with Gasteiger partial charge in [-0.1, -0.05) is 47.5 Å². The van der Waals surface area contributed by atoms with Crippen molar-refractivity contribution in [2.45, 2.75) is 19.6 Å². The Morgan fingerprint density at radius 3 is 2.48 bits per heavy atom. The lowest BCUT2D eigenvalue weighted by molar-refractivity contribution is -0.127. The average molecular weight is 324 g/mol. The molecule has 0 spiro atoms. The summed E-state index contributed by atoms with van der Waals surface area (Å²) in [7, 11) is 0. The van der Waals surface area contributed by atoms with E-state index in [4.69, 9.17) is 27.9 Å². The van der Waals surface area contributed by atoms with Crippen LogP contribution in [0, 0.1) is 0 Å². The molecule has 0 aliphatic rings. The molecule has 2 aromatic carbocycles. The molecule has 2 rings (SSSR count). The van der Waals surface area contributed by atoms with Crippen LogP contribution in [0.3, 0.4) is 0 Å². The zero-order chi connectivity index (χ0) is 15.2. The molecule has 21 heavy (non-hydrogen) atoms. The van der Waals surface area contributed by atoms with E-state index in [9.17, 15) is 4.79 Å². The molecule has 1 unspecified atom stereocenters. The molecule has 110 valence electrons. The lowest BCUT2D eigenvalue weighted by atomic mass is 10.2. The van der Waals surface area contributed by atoms with E-state index in [1.54, 1.807) is 43.3 Å². The van der Waals surface area contributed by atoms with Gasteiger partial charge in [-0.2, -0.15) is 0 Å². The largest absolute Gasteiger partial charge is 0.479 e. The quantitative estimate of drug-likeness (QED) is 0.900. The van der Waals surface area contributed by atoms with Crippen LogP contribution in [0.25, 0.3) is 0 Å². The number of para-hydroxylation sites is 1. The molecule has 1 atom stereocenters. The van der Waals surface area contributed by atoms with Gasteiger partial charge >= 0.3 is 0 Å². The van der Waals surface area contributed by atoms with E-state index in [-0.39, 0.29) is 5.91 Å². The average Bonchev–Trinajstić information content (AvgIpc) is 2.48. The van der Waals surface area contributed by atoms with Gasteiger partial charge in [0.25, 0.3) is 5.91 Å². The number of hydrogen-bond acceptors (Lipinski definition) is 2. The summed E-state index contributed by atoms with van der Waals surface area (Å²) in [4.78, 5) is 12.0. The van der Waals surface area contributed by atoms with Gasteiger partial charge in [-0.05, 0) is 36.8 Å². The highest BCUT2D eigenvalue weighted by molar-refractivity contribution is 6.32. The van der Waals surface area contributed by atoms with E-state index in [0.717, 1.165) is 5.56 Å². The molecule has 1 amide bonds. The van der Waals surface area contributed by atoms with Gasteiger partial charge in [0.2, 0.25) is 0 Å². The number of amides is 1. The second-order valence-corrected chi connectivity index (χ2v) is 5.38. The number of halogens is 2. The maximum atomic E-state index is 12.0. The molecular formula is C16H15Cl2NO2. The fourth-order valence-electron chi connectivity index (χ4n) is 1.72. The normalized spacial score (nSPS) is 11.8. The number of hydrogen-bond donors (Lipinski definition) is 1. The Morgan fingerprint density at radius 2 is 1.81 bits per heavy atom. The van der Waals surface area contributed by atoms with Gasteiger partial charge in [-0.25, -0.2) is 0 Å². The van der Waals surface area contributed by atoms with E-state index in [0.29, 0.717) is 22.3 Å². The monoisotopic (exact) mass is 323 g/mol. The van der Waals surface area contributed by atoms with Crippen molar-refractivity contribution in [2.75, 3.05) is 0 Å². The third kappa shape index (κ3) is 4.66. The Kier molecular flexibility index (Phi) is 5.48. The Bertz CT molecular complexity index is 614. The summed E-state index contributed by atoms with van der Waals surface area (Å²) in [6.45, 7) is 2.10. The summed E-state index contributed by atoms with van der Waals surface area (Å²) in [5.41, 5.74) is 0.970. The highest BCUT2D eigenvalue weighted by atomic mass is 35.5. The smallest absolute Gasteiger partial charge is 0.261 e. The van der Waals surface area contributed by atoms with Crippen molar-refractivity contribution in [3.63, 3.8) is 0 Å². The second-order valence-electron chi connectivity index (χ2n) is 4.53. The highest BCUT2D eigenvalue weighted by Gasteiger charge is 2.15. The van der Waals surface area contributed by atoms with Gasteiger partial charge in [0.1, 0.15) is 5.75 Å². The molecule has 0 fully saturated rings. The molecule has 1 N–H and O–H groups in total. The van der Waals surface area contributed by atoms with Crippen LogP contribution >= 0.6 is 23.2 Å². The standard InChI is InChI=1S/C16H15Cl2NO2/c1-11(21-15-5-3-2-4-14(15)18)16(20)19-10-12-6-8-13(17)9-7-12/h2-9,11H,10H2,1H3,(H,19,20). The van der Waals surface area contributed by atoms with Gasteiger partial charge in [0.05, 0.1) is 5.02 Å². The van der Waals surface area contributed by atoms with Crippen LogP contribution in [0.1, 0.15) is 12.5 Å². The SMILES string of the molecule is CC(Oc1ccccc1Cl)C(=O)NCc1ccc(Cl)cc1. The van der Waals surface area contributed by atoms with Crippen LogP contribution in [0.15, 0.2) is 48.5 Å². The Morgan fingerprint density at radius 1 is 1.14 bits per heavy atom. The first-order valence-corrected chi connectivity index (χ1v) is 7.25. The summed E-state index contributed by atoms with van der Waals surface area (Å²) in [5, 5.41) is 3.96. The maximum Gasteiger partial charge on any atom is 0.261 e. The molecule has 5 heteroatoms. The summed E-state index contributed by atoms with van der Waals surface area (Å²) in [5.74, 6) is 0.290. The van der Waals surface area contributed by atoms with Crippen LogP contribution in [0.5, 0.6) is 5.75 Å². The van der Waals surface area contributed by atoms with Gasteiger partial charge in [-0.3, -0.25) is 4.79 Å². The molecule has 0 aromatic heterocycles. The lowest BCUT2D eigenvalue weighted by Gasteiger charge is -2.15. The Labute approximate surface area is 133 Å². The van der Waals surface area contributed by atoms with E-state index in [1.165, 1.54) is 0 Å². The molecule has 0 saturated carbocycles. The number of nitrogens with one attached hydrogen (secondary N) is 1. The molecule has 0 radical (unpaired) electrons. The fraction of sp³-hybridized carbons (Fsp3) is 0.188. The summed E-state index contributed by atoms with van der Waals surface area (Å²) in [6, 6.07) is 14.4. The first kappa shape index (κ1) is 15.7. The van der Waals surface area contributed by atoms with Crippen LogP contribution in [-0.2, 0) is 11.3 Å². The predicted molar refractivity (Wildman–Crippen MR) is 84.8 cm³/mol. The minimum Gasteiger partial charge on any atom is -0.479 e. The van der Waals surface area contributed by atoms with Crippen LogP contribution < -0.4 is 10.1 Å². The van der Waals surface area contributed by atoms with Crippen LogP contribution in [-0.4, -0.2) is 12.0 Å². The number of benzene rings is 2. The van der Waals surface area contributed by atoms with Crippen LogP contribution in [0.2, 0.25) is 10.0 Å². The van der Waals surface area contributed by atoms with E-state index in [2.05, 4.69) is 5.32 Å². The number of carbonyl (C=O) groups is 1. The van der Waals surface area contributed by atoms with Gasteiger partial charge in [-0.15, -0.1) is 0 Å². The number of carbonyl (C=O) groups excluding carboxylic acids is 1. The first-order valence-electron chi connectivity index (χ1n) is 6.49. The molecule has 0 saturated heterocycles. The van der Waals surface area contributed by atoms with Gasteiger partial charge < -0.3 is 10.1 Å². The van der Waals surface area contributed by atoms with Gasteiger partial charge in [0, 0.05) is 11.6 Å². The molecule has 0 aliphatic heterocycles. The molecular weight excluding hydrogens is 309 g/mol. The van der Waals surface area contributed by atoms with Crippen molar-refractivity contribution in [3.05, 3.63) is 64.1 Å². The summed E-state index contributed by atoms with van der Waals surface area (Å²) < 4.78 is 5.55. The lowest BCUT2D eigenvalue weighted by Crippen LogP contribution is -2.35. The van der Waals surface area contributed by atoms with Crippen molar-refractivity contribution in [1.82, 2.24) is 5.32 Å². The molecule has 0 heterocycles. The Hall–Kier alpha value is -1.71. The predicted octanol–water partition coefficient (Wildman–Crippen LogP) is 4.08. The van der Waals surface area contributed by atoms with E-state index in [1.807, 2.05) is 12.1 Å². The van der Waals surface area contributed by atoms with Crippen molar-refractivity contribution in [2.24, 2.45) is 0 Å². The van der Waals surface area contributed by atoms with Crippen LogP contribution in [0.4, 0.5) is 0 Å². The molecule has 2 aromatic rings. The topological polar surface area (TPSA) is 38.3 Å². The van der Waals surface area contributed by atoms with Crippen molar-refractivity contribution < 1.29 is 9.53 Å². The van der Waals surface area contributed by atoms with Crippen molar-refractivity contribution in [3.8, 4) is 5.75 Å². The Balaban J connectivity index is 1.88. The third-order valence-corrected chi connectivity index (χ3v) is 3.45. The second kappa shape index (κ2) is 7.34. The van der Waals surface area contributed by atoms with E-state index < -0.39 is 6.10 Å². The van der Waals surface area contributed by atoms with Crippen molar-refractivity contribution in [1.29, 1.82) is 0 Å². The minimum atomic E-state index is -0.628. The molecule has 3 nitrogen and oxygen atoms in total. The van der Waals surface area contributed by atoms with E-state index >= 15 is 0 Å². The van der Waals surface area contributed by atoms with Crippen molar-refractivity contribution >= 4 is 29.1 Å². The summed E-state index contributed by atoms with van der Waals surface area (Å²) in [6.07, 6.45) is -0.628. The number of rotatable bonds is 5.